The van der Waals surface area contributed by atoms with Crippen molar-refractivity contribution in [2.75, 3.05) is 25.5 Å². The Hall–Kier alpha value is -2.04. The summed E-state index contributed by atoms with van der Waals surface area (Å²) < 4.78 is 0. The van der Waals surface area contributed by atoms with Gasteiger partial charge in [-0.1, -0.05) is 6.07 Å². The lowest BCUT2D eigenvalue weighted by atomic mass is 10.1. The molecule has 1 aromatic carbocycles. The summed E-state index contributed by atoms with van der Waals surface area (Å²) in [5, 5.41) is 5.41. The molecule has 0 spiro atoms. The third-order valence-electron chi connectivity index (χ3n) is 2.55. The van der Waals surface area contributed by atoms with Crippen LogP contribution in [0, 0.1) is 0 Å². The largest absolute Gasteiger partial charge is 0.378 e. The monoisotopic (exact) mass is 277 g/mol. The van der Waals surface area contributed by atoms with Crippen LogP contribution in [-0.2, 0) is 4.79 Å². The Morgan fingerprint density at radius 3 is 2.40 bits per heavy atom. The van der Waals surface area contributed by atoms with Gasteiger partial charge in [-0.2, -0.15) is 0 Å². The summed E-state index contributed by atoms with van der Waals surface area (Å²) in [7, 11) is 3.82. The highest BCUT2D eigenvalue weighted by atomic mass is 16.2. The van der Waals surface area contributed by atoms with Crippen molar-refractivity contribution in [2.24, 2.45) is 0 Å². The topological polar surface area (TPSA) is 61.4 Å². The van der Waals surface area contributed by atoms with Crippen molar-refractivity contribution in [2.45, 2.75) is 26.3 Å². The lowest BCUT2D eigenvalue weighted by molar-refractivity contribution is -0.121. The summed E-state index contributed by atoms with van der Waals surface area (Å²) in [6, 6.07) is 7.25. The highest BCUT2D eigenvalue weighted by Crippen LogP contribution is 2.13. The third-order valence-corrected chi connectivity index (χ3v) is 2.55. The number of amides is 2. The lowest BCUT2D eigenvalue weighted by Crippen LogP contribution is -2.45. The van der Waals surface area contributed by atoms with E-state index in [2.05, 4.69) is 10.6 Å². The zero-order chi connectivity index (χ0) is 15.3. The van der Waals surface area contributed by atoms with Crippen molar-refractivity contribution in [3.05, 3.63) is 29.8 Å². The van der Waals surface area contributed by atoms with Crippen LogP contribution in [0.1, 0.15) is 31.1 Å². The summed E-state index contributed by atoms with van der Waals surface area (Å²) >= 11 is 0. The van der Waals surface area contributed by atoms with Crippen LogP contribution in [0.25, 0.3) is 0 Å². The molecule has 1 rings (SSSR count). The van der Waals surface area contributed by atoms with E-state index < -0.39 is 0 Å². The summed E-state index contributed by atoms with van der Waals surface area (Å²) in [5.41, 5.74) is 1.18. The molecule has 2 N–H and O–H groups in total. The van der Waals surface area contributed by atoms with E-state index in [-0.39, 0.29) is 23.9 Å². The molecular weight excluding hydrogens is 254 g/mol. The zero-order valence-corrected chi connectivity index (χ0v) is 12.8. The van der Waals surface area contributed by atoms with Gasteiger partial charge in [-0.15, -0.1) is 0 Å². The van der Waals surface area contributed by atoms with Crippen LogP contribution < -0.4 is 15.5 Å². The van der Waals surface area contributed by atoms with E-state index >= 15 is 0 Å². The second-order valence-corrected chi connectivity index (χ2v) is 5.93. The fourth-order valence-electron chi connectivity index (χ4n) is 1.65. The van der Waals surface area contributed by atoms with Gasteiger partial charge in [0.2, 0.25) is 5.91 Å². The molecule has 110 valence electrons. The number of hydrogen-bond acceptors (Lipinski definition) is 3. The van der Waals surface area contributed by atoms with E-state index in [1.165, 1.54) is 0 Å². The molecule has 0 radical (unpaired) electrons. The summed E-state index contributed by atoms with van der Waals surface area (Å²) in [6.45, 7) is 5.66. The minimum absolute atomic E-state index is 0.0255. The van der Waals surface area contributed by atoms with E-state index in [0.717, 1.165) is 5.69 Å². The Bertz CT molecular complexity index is 490. The molecule has 0 saturated carbocycles. The molecule has 2 amide bonds. The third kappa shape index (κ3) is 5.30. The number of hydrogen-bond donors (Lipinski definition) is 2. The van der Waals surface area contributed by atoms with Crippen LogP contribution in [0.15, 0.2) is 24.3 Å². The predicted molar refractivity (Wildman–Crippen MR) is 81.0 cm³/mol. The van der Waals surface area contributed by atoms with Crippen molar-refractivity contribution in [1.82, 2.24) is 10.6 Å². The van der Waals surface area contributed by atoms with Gasteiger partial charge in [0, 0.05) is 30.9 Å². The van der Waals surface area contributed by atoms with Gasteiger partial charge in [0.15, 0.2) is 0 Å². The average molecular weight is 277 g/mol. The van der Waals surface area contributed by atoms with Crippen LogP contribution in [-0.4, -0.2) is 38.0 Å². The molecule has 0 bridgehead atoms. The van der Waals surface area contributed by atoms with Gasteiger partial charge in [0.05, 0.1) is 6.54 Å². The first-order chi connectivity index (χ1) is 9.19. The molecule has 1 aromatic rings. The van der Waals surface area contributed by atoms with Crippen LogP contribution in [0.5, 0.6) is 0 Å². The molecule has 0 saturated heterocycles. The Morgan fingerprint density at radius 1 is 1.20 bits per heavy atom. The standard InChI is InChI=1S/C15H23N3O2/c1-15(2,3)17-13(19)10-16-14(20)11-7-6-8-12(9-11)18(4)5/h6-9H,10H2,1-5H3,(H,16,20)(H,17,19). The molecule has 0 atom stereocenters. The number of benzene rings is 1. The SMILES string of the molecule is CN(C)c1cccc(C(=O)NCC(=O)NC(C)(C)C)c1. The number of rotatable bonds is 4. The quantitative estimate of drug-likeness (QED) is 0.874. The van der Waals surface area contributed by atoms with Crippen molar-refractivity contribution in [3.8, 4) is 0 Å². The van der Waals surface area contributed by atoms with Crippen molar-refractivity contribution in [1.29, 1.82) is 0 Å². The van der Waals surface area contributed by atoms with Gasteiger partial charge in [0.1, 0.15) is 0 Å². The molecule has 5 heteroatoms. The van der Waals surface area contributed by atoms with Crippen LogP contribution in [0.2, 0.25) is 0 Å². The number of nitrogens with one attached hydrogen (secondary N) is 2. The molecule has 0 aliphatic heterocycles. The molecule has 0 aliphatic carbocycles. The second-order valence-electron chi connectivity index (χ2n) is 5.93. The van der Waals surface area contributed by atoms with E-state index in [9.17, 15) is 9.59 Å². The van der Waals surface area contributed by atoms with E-state index in [4.69, 9.17) is 0 Å². The smallest absolute Gasteiger partial charge is 0.251 e. The zero-order valence-electron chi connectivity index (χ0n) is 12.8. The maximum atomic E-state index is 12.0. The highest BCUT2D eigenvalue weighted by Gasteiger charge is 2.14. The second kappa shape index (κ2) is 6.41. The normalized spacial score (nSPS) is 10.8. The molecule has 5 nitrogen and oxygen atoms in total. The lowest BCUT2D eigenvalue weighted by Gasteiger charge is -2.20. The first kappa shape index (κ1) is 16.0. The van der Waals surface area contributed by atoms with Crippen LogP contribution in [0.4, 0.5) is 5.69 Å². The molecule has 20 heavy (non-hydrogen) atoms. The Kier molecular flexibility index (Phi) is 5.13. The Labute approximate surface area is 120 Å². The fraction of sp³-hybridized carbons (Fsp3) is 0.467. The van der Waals surface area contributed by atoms with Crippen LogP contribution >= 0.6 is 0 Å². The van der Waals surface area contributed by atoms with E-state index in [0.29, 0.717) is 5.56 Å². The number of carbonyl (C=O) groups excluding carboxylic acids is 2. The van der Waals surface area contributed by atoms with Gasteiger partial charge >= 0.3 is 0 Å². The molecule has 0 unspecified atom stereocenters. The Morgan fingerprint density at radius 2 is 1.85 bits per heavy atom. The average Bonchev–Trinajstić information content (AvgIpc) is 2.34. The van der Waals surface area contributed by atoms with Gasteiger partial charge in [-0.3, -0.25) is 9.59 Å². The minimum Gasteiger partial charge on any atom is -0.378 e. The number of carbonyl (C=O) groups is 2. The molecule has 0 fully saturated rings. The van der Waals surface area contributed by atoms with Gasteiger partial charge in [-0.05, 0) is 39.0 Å². The predicted octanol–water partition coefficient (Wildman–Crippen LogP) is 1.40. The maximum Gasteiger partial charge on any atom is 0.251 e. The maximum absolute atomic E-state index is 12.0. The summed E-state index contributed by atoms with van der Waals surface area (Å²) in [5.74, 6) is -0.452. The first-order valence-electron chi connectivity index (χ1n) is 6.55. The fourth-order valence-corrected chi connectivity index (χ4v) is 1.65. The van der Waals surface area contributed by atoms with E-state index in [1.54, 1.807) is 12.1 Å². The van der Waals surface area contributed by atoms with Gasteiger partial charge in [0.25, 0.3) is 5.91 Å². The van der Waals surface area contributed by atoms with Crippen LogP contribution in [0.3, 0.4) is 0 Å². The number of anilines is 1. The van der Waals surface area contributed by atoms with Gasteiger partial charge in [-0.25, -0.2) is 0 Å². The van der Waals surface area contributed by atoms with Crippen molar-refractivity contribution in [3.63, 3.8) is 0 Å². The first-order valence-corrected chi connectivity index (χ1v) is 6.55. The molecule has 0 aliphatic rings. The minimum atomic E-state index is -0.299. The van der Waals surface area contributed by atoms with Crippen molar-refractivity contribution < 1.29 is 9.59 Å². The molecule has 0 aromatic heterocycles. The highest BCUT2D eigenvalue weighted by molar-refractivity contribution is 5.97. The van der Waals surface area contributed by atoms with Gasteiger partial charge < -0.3 is 15.5 Å². The number of nitrogens with zero attached hydrogens (tertiary/aromatic N) is 1. The Balaban J connectivity index is 2.59. The molecular formula is C15H23N3O2. The summed E-state index contributed by atoms with van der Waals surface area (Å²) in [4.78, 5) is 25.5. The summed E-state index contributed by atoms with van der Waals surface area (Å²) in [6.07, 6.45) is 0. The van der Waals surface area contributed by atoms with Crippen molar-refractivity contribution >= 4 is 17.5 Å². The molecule has 0 heterocycles. The van der Waals surface area contributed by atoms with E-state index in [1.807, 2.05) is 51.9 Å².